The Hall–Kier alpha value is 0.295. The van der Waals surface area contributed by atoms with Crippen molar-refractivity contribution in [3.63, 3.8) is 0 Å². The second-order valence-corrected chi connectivity index (χ2v) is 3.72. The summed E-state index contributed by atoms with van der Waals surface area (Å²) in [4.78, 5) is 0. The van der Waals surface area contributed by atoms with E-state index in [4.69, 9.17) is 23.2 Å². The molecule has 5 heteroatoms. The van der Waals surface area contributed by atoms with Crippen LogP contribution in [0.3, 0.4) is 0 Å². The Labute approximate surface area is 64.9 Å². The van der Waals surface area contributed by atoms with Gasteiger partial charge in [0.05, 0.1) is 31.9 Å². The topological polar surface area (TPSA) is 60.7 Å². The van der Waals surface area contributed by atoms with Gasteiger partial charge in [0.15, 0.2) is 0 Å². The van der Waals surface area contributed by atoms with Crippen LogP contribution >= 0.6 is 11.8 Å². The van der Waals surface area contributed by atoms with Gasteiger partial charge in [-0.2, -0.15) is 11.8 Å². The molecule has 3 N–H and O–H groups in total. The summed E-state index contributed by atoms with van der Waals surface area (Å²) in [5, 5.41) is 26.0. The van der Waals surface area contributed by atoms with E-state index in [1.165, 1.54) is 11.8 Å². The van der Waals surface area contributed by atoms with Crippen LogP contribution in [0.4, 0.5) is 0 Å². The van der Waals surface area contributed by atoms with Gasteiger partial charge in [0, 0.05) is 0 Å². The fourth-order valence-electron chi connectivity index (χ4n) is 0.928. The molecule has 1 fully saturated rings. The standard InChI is InChI=1S/C5H9BO3S/c6-5-4(9)3(8)2(1-7)10-5/h2-5,7-9H,1H2/t2-,3?,4?,5-/m1/s1. The monoisotopic (exact) mass is 160 g/mol. The molecule has 0 aromatic heterocycles. The van der Waals surface area contributed by atoms with Crippen molar-refractivity contribution in [1.29, 1.82) is 0 Å². The fourth-order valence-corrected chi connectivity index (χ4v) is 2.06. The van der Waals surface area contributed by atoms with Crippen LogP contribution in [0.2, 0.25) is 0 Å². The molecule has 1 saturated heterocycles. The van der Waals surface area contributed by atoms with Crippen molar-refractivity contribution in [3.05, 3.63) is 0 Å². The highest BCUT2D eigenvalue weighted by Crippen LogP contribution is 2.31. The second kappa shape index (κ2) is 3.13. The second-order valence-electron chi connectivity index (χ2n) is 2.30. The highest BCUT2D eigenvalue weighted by Gasteiger charge is 2.38. The zero-order chi connectivity index (χ0) is 7.72. The van der Waals surface area contributed by atoms with Crippen molar-refractivity contribution in [2.75, 3.05) is 6.61 Å². The molecule has 3 nitrogen and oxygen atoms in total. The van der Waals surface area contributed by atoms with E-state index in [-0.39, 0.29) is 11.9 Å². The first-order valence-electron chi connectivity index (χ1n) is 3.05. The lowest BCUT2D eigenvalue weighted by Crippen LogP contribution is -2.33. The van der Waals surface area contributed by atoms with Crippen molar-refractivity contribution in [2.24, 2.45) is 0 Å². The van der Waals surface area contributed by atoms with Gasteiger partial charge in [0.1, 0.15) is 0 Å². The predicted molar refractivity (Wildman–Crippen MR) is 40.0 cm³/mol. The summed E-state index contributed by atoms with van der Waals surface area (Å²) in [6.07, 6.45) is -1.79. The number of thioether (sulfide) groups is 1. The summed E-state index contributed by atoms with van der Waals surface area (Å²) >= 11 is 1.21. The molecule has 1 rings (SSSR count). The number of aliphatic hydroxyl groups is 3. The minimum atomic E-state index is -0.901. The van der Waals surface area contributed by atoms with E-state index in [2.05, 4.69) is 0 Å². The Balaban J connectivity index is 2.53. The first kappa shape index (κ1) is 8.39. The molecule has 2 radical (unpaired) electrons. The molecule has 1 heterocycles. The normalized spacial score (nSPS) is 47.9. The molecule has 4 atom stereocenters. The zero-order valence-electron chi connectivity index (χ0n) is 5.34. The third-order valence-electron chi connectivity index (χ3n) is 1.58. The molecule has 0 aromatic carbocycles. The molecule has 56 valence electrons. The molecule has 1 aliphatic heterocycles. The van der Waals surface area contributed by atoms with Crippen LogP contribution < -0.4 is 0 Å². The molecule has 0 spiro atoms. The van der Waals surface area contributed by atoms with Gasteiger partial charge >= 0.3 is 0 Å². The van der Waals surface area contributed by atoms with Crippen LogP contribution in [-0.4, -0.2) is 52.4 Å². The molecule has 0 saturated carbocycles. The van der Waals surface area contributed by atoms with E-state index >= 15 is 0 Å². The van der Waals surface area contributed by atoms with Gasteiger partial charge in [0.25, 0.3) is 0 Å². The van der Waals surface area contributed by atoms with Crippen LogP contribution in [0.25, 0.3) is 0 Å². The molecule has 0 bridgehead atoms. The van der Waals surface area contributed by atoms with Crippen molar-refractivity contribution in [1.82, 2.24) is 0 Å². The molecular weight excluding hydrogens is 151 g/mol. The summed E-state index contributed by atoms with van der Waals surface area (Å²) < 4.78 is 0. The van der Waals surface area contributed by atoms with E-state index in [9.17, 15) is 0 Å². The summed E-state index contributed by atoms with van der Waals surface area (Å²) in [5.74, 6) is 0. The fraction of sp³-hybridized carbons (Fsp3) is 1.00. The molecule has 0 aliphatic carbocycles. The van der Waals surface area contributed by atoms with Crippen molar-refractivity contribution in [2.45, 2.75) is 22.6 Å². The first-order valence-corrected chi connectivity index (χ1v) is 3.99. The molecular formula is C5H9BO3S. The summed E-state index contributed by atoms with van der Waals surface area (Å²) in [5.41, 5.74) is 0. The largest absolute Gasteiger partial charge is 0.395 e. The predicted octanol–water partition coefficient (Wildman–Crippen LogP) is -1.69. The molecule has 0 aromatic rings. The van der Waals surface area contributed by atoms with Crippen LogP contribution in [0.1, 0.15) is 0 Å². The average Bonchev–Trinajstić information content (AvgIpc) is 2.17. The lowest BCUT2D eigenvalue weighted by molar-refractivity contribution is 0.0283. The summed E-state index contributed by atoms with van der Waals surface area (Å²) in [7, 11) is 5.38. The third-order valence-corrected chi connectivity index (χ3v) is 2.95. The number of hydrogen-bond acceptors (Lipinski definition) is 4. The van der Waals surface area contributed by atoms with Crippen molar-refractivity contribution in [3.8, 4) is 0 Å². The minimum Gasteiger partial charge on any atom is -0.395 e. The third kappa shape index (κ3) is 1.32. The Kier molecular flexibility index (Phi) is 2.63. The minimum absolute atomic E-state index is 0.142. The Morgan fingerprint density at radius 2 is 1.90 bits per heavy atom. The van der Waals surface area contributed by atoms with Gasteiger partial charge in [-0.15, -0.1) is 0 Å². The lowest BCUT2D eigenvalue weighted by Gasteiger charge is -2.12. The maximum absolute atomic E-state index is 9.12. The Morgan fingerprint density at radius 1 is 1.30 bits per heavy atom. The smallest absolute Gasteiger partial charge is 0.0942 e. The highest BCUT2D eigenvalue weighted by atomic mass is 32.2. The number of rotatable bonds is 1. The van der Waals surface area contributed by atoms with Gasteiger partial charge in [-0.3, -0.25) is 0 Å². The van der Waals surface area contributed by atoms with E-state index in [0.29, 0.717) is 0 Å². The van der Waals surface area contributed by atoms with E-state index in [0.717, 1.165) is 0 Å². The maximum Gasteiger partial charge on any atom is 0.0942 e. The van der Waals surface area contributed by atoms with Crippen molar-refractivity contribution < 1.29 is 15.3 Å². The molecule has 0 amide bonds. The molecule has 10 heavy (non-hydrogen) atoms. The van der Waals surface area contributed by atoms with Gasteiger partial charge in [-0.1, -0.05) is 0 Å². The van der Waals surface area contributed by atoms with E-state index in [1.807, 2.05) is 0 Å². The summed E-state index contributed by atoms with van der Waals surface area (Å²) in [6, 6.07) is 0. The zero-order valence-corrected chi connectivity index (χ0v) is 6.16. The Morgan fingerprint density at radius 3 is 2.10 bits per heavy atom. The number of aliphatic hydroxyl groups excluding tert-OH is 3. The Bertz CT molecular complexity index is 123. The SMILES string of the molecule is [B][C@@H]1S[C@H](CO)C(O)C1O. The maximum atomic E-state index is 9.12. The lowest BCUT2D eigenvalue weighted by atomic mass is 9.94. The van der Waals surface area contributed by atoms with Gasteiger partial charge in [-0.25, -0.2) is 0 Å². The summed E-state index contributed by atoms with van der Waals surface area (Å²) in [6.45, 7) is -0.142. The quantitative estimate of drug-likeness (QED) is 0.400. The van der Waals surface area contributed by atoms with Gasteiger partial charge in [-0.05, 0) is 5.15 Å². The van der Waals surface area contributed by atoms with Crippen LogP contribution in [0.15, 0.2) is 0 Å². The van der Waals surface area contributed by atoms with Crippen molar-refractivity contribution >= 4 is 19.6 Å². The van der Waals surface area contributed by atoms with Crippen LogP contribution in [0.5, 0.6) is 0 Å². The van der Waals surface area contributed by atoms with Gasteiger partial charge < -0.3 is 15.3 Å². The van der Waals surface area contributed by atoms with Gasteiger partial charge in [0.2, 0.25) is 0 Å². The number of hydrogen-bond donors (Lipinski definition) is 3. The van der Waals surface area contributed by atoms with E-state index in [1.54, 1.807) is 0 Å². The molecule has 2 unspecified atom stereocenters. The van der Waals surface area contributed by atoms with Crippen LogP contribution in [-0.2, 0) is 0 Å². The first-order chi connectivity index (χ1) is 4.66. The molecule has 1 aliphatic rings. The van der Waals surface area contributed by atoms with E-state index < -0.39 is 17.4 Å². The van der Waals surface area contributed by atoms with Crippen LogP contribution in [0, 0.1) is 0 Å². The average molecular weight is 160 g/mol. The highest BCUT2D eigenvalue weighted by molar-refractivity contribution is 8.02.